The maximum atomic E-state index is 9.80. The number of fused-ring (bicyclic) bond motifs is 10. The van der Waals surface area contributed by atoms with Crippen LogP contribution in [0.3, 0.4) is 0 Å². The molecule has 0 atom stereocenters. The molecule has 0 saturated heterocycles. The lowest BCUT2D eigenvalue weighted by atomic mass is 9.70. The second-order valence-corrected chi connectivity index (χ2v) is 23.3. The van der Waals surface area contributed by atoms with Gasteiger partial charge in [-0.1, -0.05) is 266 Å². The molecule has 1 spiro atoms. The Labute approximate surface area is 431 Å². The van der Waals surface area contributed by atoms with Crippen LogP contribution in [0.4, 0.5) is 0 Å². The third-order valence-corrected chi connectivity index (χ3v) is 20.1. The first-order valence-electron chi connectivity index (χ1n) is 33.8. The Kier molecular flexibility index (Phi) is 4.97. The SMILES string of the molecule is [2H]c1c([2H])c([2H])c(P(=S)(c2c([2H])c([2H])c([2H])c([2H])c2[2H])c2c([2H])c([2H])c(-c3ccc4c(c3)C3(c5ccccc5-c5ccccc53)c3cc(-c5c([2H])c([2H])c(P(=S)(c6c([2H])c([2H])c([2H])c([2H])c6[2H])c6c([2H])c([2H])c([2H])c([2H])c6[2H])c([2H])c5[2H])ccc3-4)c([2H])c2[2H])c([2H])c1[2H]. The summed E-state index contributed by atoms with van der Waals surface area (Å²) in [6, 6.07) is -10.0. The number of hydrogen-bond acceptors (Lipinski definition) is 2. The highest BCUT2D eigenvalue weighted by atomic mass is 32.4. The summed E-state index contributed by atoms with van der Waals surface area (Å²) in [5.41, 5.74) is 3.27. The van der Waals surface area contributed by atoms with Gasteiger partial charge in [-0.05, 0) is 111 Å². The van der Waals surface area contributed by atoms with Gasteiger partial charge in [0.05, 0.1) is 43.8 Å². The third-order valence-electron chi connectivity index (χ3n) is 11.7. The Balaban J connectivity index is 1.11. The minimum Gasteiger partial charge on any atom is -0.0826 e. The summed E-state index contributed by atoms with van der Waals surface area (Å²) >= 11 is 12.6. The molecule has 65 heavy (non-hydrogen) atoms. The number of hydrogen-bond donors (Lipinski definition) is 0. The van der Waals surface area contributed by atoms with Crippen LogP contribution in [0, 0.1) is 0 Å². The second-order valence-electron chi connectivity index (χ2n) is 14.9. The molecule has 0 N–H and O–H groups in total. The maximum absolute atomic E-state index is 9.80. The van der Waals surface area contributed by atoms with Gasteiger partial charge < -0.3 is 0 Å². The topological polar surface area (TPSA) is 0 Å². The Hall–Kier alpha value is -6.50. The fourth-order valence-corrected chi connectivity index (χ4v) is 14.5. The monoisotopic (exact) mass is 928 g/mol. The van der Waals surface area contributed by atoms with Crippen LogP contribution in [-0.2, 0) is 29.0 Å². The van der Waals surface area contributed by atoms with E-state index in [1.54, 1.807) is 36.4 Å². The van der Waals surface area contributed by atoms with Gasteiger partial charge in [0.1, 0.15) is 0 Å². The van der Waals surface area contributed by atoms with E-state index in [-0.39, 0.29) is 22.3 Å². The first-order valence-corrected chi connectivity index (χ1v) is 25.4. The first kappa shape index (κ1) is 20.3. The van der Waals surface area contributed by atoms with Gasteiger partial charge in [-0.25, -0.2) is 0 Å². The van der Waals surface area contributed by atoms with E-state index in [9.17, 15) is 11.0 Å². The van der Waals surface area contributed by atoms with Crippen molar-refractivity contribution < 1.29 is 38.4 Å². The van der Waals surface area contributed by atoms with Crippen molar-refractivity contribution in [3.05, 3.63) is 276 Å². The van der Waals surface area contributed by atoms with Crippen molar-refractivity contribution >= 4 is 67.5 Å². The lowest BCUT2D eigenvalue weighted by Gasteiger charge is -2.31. The fourth-order valence-electron chi connectivity index (χ4n) is 8.94. The van der Waals surface area contributed by atoms with Gasteiger partial charge in [-0.2, -0.15) is 0 Å². The Morgan fingerprint density at radius 1 is 0.292 bits per heavy atom. The molecule has 0 unspecified atom stereocenters. The summed E-state index contributed by atoms with van der Waals surface area (Å²) < 4.78 is 254. The summed E-state index contributed by atoms with van der Waals surface area (Å²) in [4.78, 5) is 0. The van der Waals surface area contributed by atoms with Gasteiger partial charge >= 0.3 is 0 Å². The Morgan fingerprint density at radius 2 is 0.585 bits per heavy atom. The molecule has 4 heteroatoms. The Morgan fingerprint density at radius 3 is 0.923 bits per heavy atom. The fraction of sp³-hybridized carbons (Fsp3) is 0.0164. The van der Waals surface area contributed by atoms with E-state index >= 15 is 0 Å². The van der Waals surface area contributed by atoms with E-state index in [1.165, 1.54) is 0 Å². The van der Waals surface area contributed by atoms with E-state index in [1.807, 2.05) is 48.5 Å². The van der Waals surface area contributed by atoms with Gasteiger partial charge in [-0.3, -0.25) is 0 Å². The molecule has 0 amide bonds. The van der Waals surface area contributed by atoms with E-state index in [0.717, 1.165) is 11.1 Å². The van der Waals surface area contributed by atoms with Crippen LogP contribution in [-0.4, -0.2) is 0 Å². The summed E-state index contributed by atoms with van der Waals surface area (Å²) in [5.74, 6) is 0. The molecule has 2 aliphatic rings. The van der Waals surface area contributed by atoms with Crippen LogP contribution in [0.25, 0.3) is 44.5 Å². The molecule has 0 saturated carbocycles. The standard InChI is InChI=1S/C61H42P2S2/c64-62(47-17-5-1-6-18-47,48-19-7-2-8-20-48)51-35-29-43(30-36-51)45-33-39-55-56-40-34-46(42-60(56)61(59(55)41-45)57-27-15-13-25-53(57)54-26-14-16-28-58(54)61)44-31-37-52(38-32-44)63(65,49-21-9-3-10-22-49)50-23-11-4-12-24-50/h1-42H/i1D,2D,3D,4D,5D,6D,7D,8D,9D,10D,11D,12D,17D,18D,19D,20D,21D,22D,23D,24D,29D,30D,31D,32D,35D,36D,37D,38D. The maximum Gasteiger partial charge on any atom is 0.0725 e. The molecule has 0 aliphatic heterocycles. The van der Waals surface area contributed by atoms with Crippen LogP contribution >= 0.6 is 12.1 Å². The first-order chi connectivity index (χ1) is 43.6. The summed E-state index contributed by atoms with van der Waals surface area (Å²) in [5, 5.41) is -4.51. The molecule has 0 aromatic heterocycles. The van der Waals surface area contributed by atoms with Crippen LogP contribution in [0.1, 0.15) is 60.6 Å². The zero-order valence-corrected chi connectivity index (χ0v) is 36.7. The lowest BCUT2D eigenvalue weighted by molar-refractivity contribution is 0.794. The largest absolute Gasteiger partial charge is 0.0826 e. The molecule has 0 heterocycles. The molecular weight excluding hydrogens is 859 g/mol. The van der Waals surface area contributed by atoms with E-state index in [4.69, 9.17) is 51.0 Å². The average Bonchev–Trinajstić information content (AvgIpc) is 1.56. The van der Waals surface area contributed by atoms with Crippen molar-refractivity contribution in [3.63, 3.8) is 0 Å². The van der Waals surface area contributed by atoms with Crippen molar-refractivity contribution in [1.29, 1.82) is 0 Å². The third kappa shape index (κ3) is 6.16. The Bertz CT molecular complexity index is 4600. The van der Waals surface area contributed by atoms with Crippen molar-refractivity contribution in [2.24, 2.45) is 0 Å². The van der Waals surface area contributed by atoms with Gasteiger partial charge in [0.25, 0.3) is 0 Å². The molecule has 0 radical (unpaired) electrons. The molecule has 10 aromatic carbocycles. The average molecular weight is 929 g/mol. The van der Waals surface area contributed by atoms with Crippen LogP contribution in [0.2, 0.25) is 0 Å². The van der Waals surface area contributed by atoms with E-state index < -0.39 is 219 Å². The summed E-state index contributed by atoms with van der Waals surface area (Å²) in [6.45, 7) is 0. The molecule has 2 aliphatic carbocycles. The molecule has 12 rings (SSSR count). The smallest absolute Gasteiger partial charge is 0.0725 e. The van der Waals surface area contributed by atoms with Crippen molar-refractivity contribution in [2.45, 2.75) is 5.41 Å². The van der Waals surface area contributed by atoms with E-state index in [2.05, 4.69) is 0 Å². The normalized spacial score (nSPS) is 19.2. The van der Waals surface area contributed by atoms with E-state index in [0.29, 0.717) is 33.4 Å². The highest BCUT2D eigenvalue weighted by molar-refractivity contribution is 8.26. The van der Waals surface area contributed by atoms with Crippen LogP contribution < -0.4 is 31.8 Å². The quantitative estimate of drug-likeness (QED) is 0.139. The van der Waals surface area contributed by atoms with Crippen molar-refractivity contribution in [1.82, 2.24) is 0 Å². The predicted molar refractivity (Wildman–Crippen MR) is 286 cm³/mol. The minimum absolute atomic E-state index is 0.0922. The predicted octanol–water partition coefficient (Wildman–Crippen LogP) is 12.9. The van der Waals surface area contributed by atoms with Gasteiger partial charge in [0.2, 0.25) is 0 Å². The van der Waals surface area contributed by atoms with Gasteiger partial charge in [0, 0.05) is 12.1 Å². The highest BCUT2D eigenvalue weighted by Crippen LogP contribution is 2.63. The molecule has 0 nitrogen and oxygen atoms in total. The van der Waals surface area contributed by atoms with Crippen LogP contribution in [0.15, 0.2) is 254 Å². The highest BCUT2D eigenvalue weighted by Gasteiger charge is 2.51. The molecule has 0 bridgehead atoms. The molecule has 0 fully saturated rings. The van der Waals surface area contributed by atoms with Gasteiger partial charge in [0.15, 0.2) is 0 Å². The summed E-state index contributed by atoms with van der Waals surface area (Å²) in [7, 11) is 0. The molecule has 308 valence electrons. The number of rotatable bonds is 8. The zero-order valence-electron chi connectivity index (χ0n) is 61.3. The van der Waals surface area contributed by atoms with Crippen LogP contribution in [0.5, 0.6) is 0 Å². The molecular formula is C61H42P2S2. The zero-order chi connectivity index (χ0) is 68.0. The minimum atomic E-state index is -4.87. The van der Waals surface area contributed by atoms with Crippen molar-refractivity contribution in [3.8, 4) is 44.5 Å². The molecule has 10 aromatic rings. The number of benzene rings is 10. The summed E-state index contributed by atoms with van der Waals surface area (Å²) in [6.07, 6.45) is 0. The van der Waals surface area contributed by atoms with Crippen molar-refractivity contribution in [2.75, 3.05) is 0 Å². The lowest BCUT2D eigenvalue weighted by Crippen LogP contribution is -2.26. The van der Waals surface area contributed by atoms with Gasteiger partial charge in [-0.15, -0.1) is 0 Å². The second kappa shape index (κ2) is 15.9.